The van der Waals surface area contributed by atoms with Crippen LogP contribution in [0, 0.1) is 5.92 Å². The first-order valence-electron chi connectivity index (χ1n) is 6.16. The quantitative estimate of drug-likeness (QED) is 0.773. The van der Waals surface area contributed by atoms with Crippen molar-refractivity contribution in [3.05, 3.63) is 29.8 Å². The van der Waals surface area contributed by atoms with Crippen LogP contribution in [0.3, 0.4) is 0 Å². The average Bonchev–Trinajstić information content (AvgIpc) is 2.35. The second-order valence-corrected chi connectivity index (χ2v) is 7.17. The number of carbonyl (C=O) groups is 2. The van der Waals surface area contributed by atoms with Crippen LogP contribution in [-0.4, -0.2) is 38.8 Å². The highest BCUT2D eigenvalue weighted by molar-refractivity contribution is 7.90. The molecule has 0 aliphatic carbocycles. The number of hydrogen-bond donors (Lipinski definition) is 1. The van der Waals surface area contributed by atoms with E-state index < -0.39 is 27.6 Å². The second-order valence-electron chi connectivity index (χ2n) is 4.91. The van der Waals surface area contributed by atoms with Crippen molar-refractivity contribution in [3.8, 4) is 0 Å². The number of benzene rings is 1. The maximum atomic E-state index is 12.3. The maximum Gasteiger partial charge on any atom is 0.239 e. The summed E-state index contributed by atoms with van der Waals surface area (Å²) in [6, 6.07) is 7.13. The average molecular weight is 296 g/mol. The fourth-order valence-electron chi connectivity index (χ4n) is 2.27. The lowest BCUT2D eigenvalue weighted by Crippen LogP contribution is -2.48. The van der Waals surface area contributed by atoms with Crippen molar-refractivity contribution < 1.29 is 18.0 Å². The molecule has 1 heterocycles. The molecule has 2 amide bonds. The lowest BCUT2D eigenvalue weighted by molar-refractivity contribution is -0.132. The van der Waals surface area contributed by atoms with Gasteiger partial charge in [0, 0.05) is 18.5 Å². The normalized spacial score (nSPS) is 18.8. The lowest BCUT2D eigenvalue weighted by atomic mass is 9.91. The van der Waals surface area contributed by atoms with E-state index >= 15 is 0 Å². The fraction of sp³-hybridized carbons (Fsp3) is 0.385. The van der Waals surface area contributed by atoms with Crippen molar-refractivity contribution in [2.24, 2.45) is 11.7 Å². The summed E-state index contributed by atoms with van der Waals surface area (Å²) in [5.41, 5.74) is 6.73. The number of rotatable bonds is 4. The number of anilines is 1. The maximum absolute atomic E-state index is 12.3. The van der Waals surface area contributed by atoms with Gasteiger partial charge in [0.2, 0.25) is 11.8 Å². The van der Waals surface area contributed by atoms with Gasteiger partial charge in [-0.05, 0) is 18.1 Å². The number of hydrogen-bond acceptors (Lipinski definition) is 4. The van der Waals surface area contributed by atoms with Crippen molar-refractivity contribution in [1.82, 2.24) is 0 Å². The smallest absolute Gasteiger partial charge is 0.239 e. The molecule has 1 aromatic rings. The van der Waals surface area contributed by atoms with E-state index in [1.165, 1.54) is 4.90 Å². The van der Waals surface area contributed by atoms with Crippen LogP contribution in [-0.2, 0) is 25.8 Å². The third kappa shape index (κ3) is 2.98. The number of nitrogens with zero attached hydrogens (tertiary/aromatic N) is 1. The number of primary amides is 1. The predicted octanol–water partition coefficient (Wildman–Crippen LogP) is -0.278. The molecule has 0 bridgehead atoms. The number of amides is 2. The van der Waals surface area contributed by atoms with E-state index in [0.29, 0.717) is 5.69 Å². The Balaban J connectivity index is 2.36. The van der Waals surface area contributed by atoms with Gasteiger partial charge in [0.15, 0.2) is 0 Å². The number of sulfone groups is 1. The van der Waals surface area contributed by atoms with Crippen LogP contribution >= 0.6 is 0 Å². The number of carbonyl (C=O) groups excluding carboxylic acids is 2. The van der Waals surface area contributed by atoms with Gasteiger partial charge in [0.1, 0.15) is 15.8 Å². The van der Waals surface area contributed by atoms with E-state index in [9.17, 15) is 18.0 Å². The Hall–Kier alpha value is -1.89. The summed E-state index contributed by atoms with van der Waals surface area (Å²) in [4.78, 5) is 25.0. The molecule has 0 saturated heterocycles. The van der Waals surface area contributed by atoms with Crippen LogP contribution in [0.2, 0.25) is 0 Å². The Bertz CT molecular complexity index is 654. The molecule has 1 unspecified atom stereocenters. The fourth-order valence-corrected chi connectivity index (χ4v) is 2.79. The molecule has 1 aromatic carbocycles. The standard InChI is InChI=1S/C13H16N2O4S/c1-20(18,19)7-6-15-11-5-3-2-4-9(11)8-10(12(14)16)13(15)17/h2-5,10H,6-8H2,1H3,(H2,14,16). The monoisotopic (exact) mass is 296 g/mol. The molecule has 1 aliphatic heterocycles. The molecule has 0 aromatic heterocycles. The SMILES string of the molecule is CS(=O)(=O)CCN1C(=O)C(C(N)=O)Cc2ccccc21. The molecule has 20 heavy (non-hydrogen) atoms. The van der Waals surface area contributed by atoms with Crippen molar-refractivity contribution >= 4 is 27.3 Å². The van der Waals surface area contributed by atoms with E-state index in [1.54, 1.807) is 18.2 Å². The van der Waals surface area contributed by atoms with Crippen LogP contribution in [0.5, 0.6) is 0 Å². The first-order chi connectivity index (χ1) is 9.29. The Morgan fingerprint density at radius 1 is 1.40 bits per heavy atom. The molecule has 7 heteroatoms. The molecule has 2 N–H and O–H groups in total. The van der Waals surface area contributed by atoms with E-state index in [2.05, 4.69) is 0 Å². The van der Waals surface area contributed by atoms with Gasteiger partial charge in [-0.2, -0.15) is 0 Å². The van der Waals surface area contributed by atoms with Crippen LogP contribution in [0.25, 0.3) is 0 Å². The Morgan fingerprint density at radius 2 is 2.05 bits per heavy atom. The summed E-state index contributed by atoms with van der Waals surface area (Å²) in [7, 11) is -3.20. The van der Waals surface area contributed by atoms with E-state index in [1.807, 2.05) is 6.07 Å². The molecule has 0 fully saturated rings. The Kier molecular flexibility index (Phi) is 3.80. The third-order valence-electron chi connectivity index (χ3n) is 3.30. The summed E-state index contributed by atoms with van der Waals surface area (Å²) in [6.07, 6.45) is 1.37. The highest BCUT2D eigenvalue weighted by Crippen LogP contribution is 2.30. The minimum atomic E-state index is -3.20. The van der Waals surface area contributed by atoms with E-state index in [0.717, 1.165) is 11.8 Å². The zero-order chi connectivity index (χ0) is 14.9. The topological polar surface area (TPSA) is 97.5 Å². The third-order valence-corrected chi connectivity index (χ3v) is 4.22. The van der Waals surface area contributed by atoms with Gasteiger partial charge in [-0.25, -0.2) is 8.42 Å². The molecular formula is C13H16N2O4S. The van der Waals surface area contributed by atoms with Gasteiger partial charge < -0.3 is 10.6 Å². The van der Waals surface area contributed by atoms with Crippen molar-refractivity contribution in [3.63, 3.8) is 0 Å². The van der Waals surface area contributed by atoms with E-state index in [-0.39, 0.29) is 18.7 Å². The van der Waals surface area contributed by atoms with Crippen LogP contribution in [0.1, 0.15) is 5.56 Å². The number of fused-ring (bicyclic) bond motifs is 1. The highest BCUT2D eigenvalue weighted by Gasteiger charge is 2.36. The molecule has 0 saturated carbocycles. The molecule has 1 aliphatic rings. The summed E-state index contributed by atoms with van der Waals surface area (Å²) in [5.74, 6) is -2.20. The summed E-state index contributed by atoms with van der Waals surface area (Å²) in [6.45, 7) is 0.0262. The molecule has 0 spiro atoms. The molecular weight excluding hydrogens is 280 g/mol. The summed E-state index contributed by atoms with van der Waals surface area (Å²) in [5, 5.41) is 0. The highest BCUT2D eigenvalue weighted by atomic mass is 32.2. The lowest BCUT2D eigenvalue weighted by Gasteiger charge is -2.32. The zero-order valence-corrected chi connectivity index (χ0v) is 11.9. The minimum Gasteiger partial charge on any atom is -0.369 e. The van der Waals surface area contributed by atoms with Gasteiger partial charge in [-0.3, -0.25) is 9.59 Å². The van der Waals surface area contributed by atoms with Gasteiger partial charge in [-0.1, -0.05) is 18.2 Å². The molecule has 6 nitrogen and oxygen atoms in total. The summed E-state index contributed by atoms with van der Waals surface area (Å²) < 4.78 is 22.6. The Labute approximate surface area is 117 Å². The van der Waals surface area contributed by atoms with Crippen LogP contribution < -0.4 is 10.6 Å². The summed E-state index contributed by atoms with van der Waals surface area (Å²) >= 11 is 0. The first kappa shape index (κ1) is 14.5. The van der Waals surface area contributed by atoms with Gasteiger partial charge in [0.25, 0.3) is 0 Å². The zero-order valence-electron chi connectivity index (χ0n) is 11.1. The van der Waals surface area contributed by atoms with Gasteiger partial charge in [0.05, 0.1) is 5.75 Å². The second kappa shape index (κ2) is 5.24. The van der Waals surface area contributed by atoms with Crippen LogP contribution in [0.4, 0.5) is 5.69 Å². The van der Waals surface area contributed by atoms with Crippen molar-refractivity contribution in [2.75, 3.05) is 23.5 Å². The molecule has 2 rings (SSSR count). The molecule has 108 valence electrons. The van der Waals surface area contributed by atoms with Gasteiger partial charge >= 0.3 is 0 Å². The number of nitrogens with two attached hydrogens (primary N) is 1. The van der Waals surface area contributed by atoms with Crippen molar-refractivity contribution in [2.45, 2.75) is 6.42 Å². The van der Waals surface area contributed by atoms with Gasteiger partial charge in [-0.15, -0.1) is 0 Å². The van der Waals surface area contributed by atoms with E-state index in [4.69, 9.17) is 5.73 Å². The van der Waals surface area contributed by atoms with Crippen molar-refractivity contribution in [1.29, 1.82) is 0 Å². The van der Waals surface area contributed by atoms with Crippen LogP contribution in [0.15, 0.2) is 24.3 Å². The molecule has 0 radical (unpaired) electrons. The molecule has 1 atom stereocenters. The number of para-hydroxylation sites is 1. The minimum absolute atomic E-state index is 0.0262. The predicted molar refractivity (Wildman–Crippen MR) is 74.9 cm³/mol. The largest absolute Gasteiger partial charge is 0.369 e. The first-order valence-corrected chi connectivity index (χ1v) is 8.22. The Morgan fingerprint density at radius 3 is 2.65 bits per heavy atom.